The van der Waals surface area contributed by atoms with Crippen molar-refractivity contribution in [2.45, 2.75) is 12.5 Å². The lowest BCUT2D eigenvalue weighted by molar-refractivity contribution is -0.120. The molecular formula is C16H15ClN2O3. The number of benzene rings is 1. The topological polar surface area (TPSA) is 53.8 Å². The normalized spacial score (nSPS) is 17.8. The molecule has 0 spiro atoms. The van der Waals surface area contributed by atoms with Gasteiger partial charge in [-0.3, -0.25) is 9.59 Å². The first-order chi connectivity index (χ1) is 10.6. The highest BCUT2D eigenvalue weighted by atomic mass is 35.5. The number of furan rings is 1. The molecule has 6 heteroatoms. The summed E-state index contributed by atoms with van der Waals surface area (Å²) in [6, 6.07) is 8.31. The number of halogens is 1. The van der Waals surface area contributed by atoms with Gasteiger partial charge in [0.25, 0.3) is 5.91 Å². The zero-order chi connectivity index (χ0) is 15.7. The highest BCUT2D eigenvalue weighted by Gasteiger charge is 2.38. The fraction of sp³-hybridized carbons (Fsp3) is 0.250. The van der Waals surface area contributed by atoms with Crippen molar-refractivity contribution in [3.05, 3.63) is 53.4 Å². The quantitative estimate of drug-likeness (QED) is 0.874. The van der Waals surface area contributed by atoms with Crippen molar-refractivity contribution in [1.82, 2.24) is 4.90 Å². The third kappa shape index (κ3) is 2.48. The van der Waals surface area contributed by atoms with Gasteiger partial charge in [-0.1, -0.05) is 23.7 Å². The molecule has 114 valence electrons. The van der Waals surface area contributed by atoms with Crippen LogP contribution >= 0.6 is 11.6 Å². The molecule has 22 heavy (non-hydrogen) atoms. The van der Waals surface area contributed by atoms with Gasteiger partial charge in [-0.25, -0.2) is 0 Å². The molecule has 1 aliphatic heterocycles. The second kappa shape index (κ2) is 5.85. The number of likely N-dealkylation sites (N-methyl/N-ethyl adjacent to an activating group) is 1. The number of rotatable bonds is 3. The summed E-state index contributed by atoms with van der Waals surface area (Å²) in [4.78, 5) is 28.0. The molecule has 2 amide bonds. The second-order valence-corrected chi connectivity index (χ2v) is 5.58. The Labute approximate surface area is 133 Å². The van der Waals surface area contributed by atoms with Crippen molar-refractivity contribution in [2.24, 2.45) is 0 Å². The van der Waals surface area contributed by atoms with Crippen LogP contribution in [0.25, 0.3) is 0 Å². The smallest absolute Gasteiger partial charge is 0.257 e. The minimum Gasteiger partial charge on any atom is -0.472 e. The summed E-state index contributed by atoms with van der Waals surface area (Å²) in [7, 11) is 1.63. The van der Waals surface area contributed by atoms with Gasteiger partial charge in [-0.2, -0.15) is 0 Å². The second-order valence-electron chi connectivity index (χ2n) is 5.17. The molecule has 2 heterocycles. The molecule has 2 aromatic rings. The van der Waals surface area contributed by atoms with Crippen molar-refractivity contribution in [2.75, 3.05) is 18.5 Å². The lowest BCUT2D eigenvalue weighted by Crippen LogP contribution is -2.42. The summed E-state index contributed by atoms with van der Waals surface area (Å²) in [5.41, 5.74) is 1.12. The van der Waals surface area contributed by atoms with E-state index in [-0.39, 0.29) is 11.8 Å². The van der Waals surface area contributed by atoms with Crippen LogP contribution < -0.4 is 4.90 Å². The maximum absolute atomic E-state index is 12.6. The van der Waals surface area contributed by atoms with Gasteiger partial charge in [0.05, 0.1) is 22.5 Å². The fourth-order valence-electron chi connectivity index (χ4n) is 2.67. The number of para-hydroxylation sites is 1. The van der Waals surface area contributed by atoms with Gasteiger partial charge in [-0.05, 0) is 24.6 Å². The van der Waals surface area contributed by atoms with Gasteiger partial charge in [0.2, 0.25) is 5.91 Å². The van der Waals surface area contributed by atoms with Crippen LogP contribution in [0.1, 0.15) is 16.8 Å². The van der Waals surface area contributed by atoms with Crippen molar-refractivity contribution in [3.63, 3.8) is 0 Å². The molecule has 1 fully saturated rings. The van der Waals surface area contributed by atoms with E-state index in [1.807, 2.05) is 12.1 Å². The molecule has 5 nitrogen and oxygen atoms in total. The summed E-state index contributed by atoms with van der Waals surface area (Å²) >= 11 is 6.15. The molecular weight excluding hydrogens is 304 g/mol. The zero-order valence-electron chi connectivity index (χ0n) is 12.0. The molecule has 1 aromatic carbocycles. The van der Waals surface area contributed by atoms with Gasteiger partial charge in [-0.15, -0.1) is 0 Å². The largest absolute Gasteiger partial charge is 0.472 e. The average molecular weight is 319 g/mol. The lowest BCUT2D eigenvalue weighted by Gasteiger charge is -2.24. The van der Waals surface area contributed by atoms with E-state index < -0.39 is 6.04 Å². The van der Waals surface area contributed by atoms with Gasteiger partial charge < -0.3 is 14.2 Å². The molecule has 1 atom stereocenters. The van der Waals surface area contributed by atoms with Gasteiger partial charge in [0, 0.05) is 13.6 Å². The Hall–Kier alpha value is -2.27. The van der Waals surface area contributed by atoms with Crippen LogP contribution in [0, 0.1) is 0 Å². The summed E-state index contributed by atoms with van der Waals surface area (Å²) in [5.74, 6) is -0.347. The van der Waals surface area contributed by atoms with Crippen molar-refractivity contribution in [1.29, 1.82) is 0 Å². The molecule has 1 aromatic heterocycles. The van der Waals surface area contributed by atoms with E-state index in [2.05, 4.69) is 0 Å². The fourth-order valence-corrected chi connectivity index (χ4v) is 2.90. The highest BCUT2D eigenvalue weighted by Crippen LogP contribution is 2.30. The molecule has 0 saturated carbocycles. The van der Waals surface area contributed by atoms with Crippen LogP contribution in [-0.2, 0) is 4.79 Å². The SMILES string of the molecule is CN(C(=O)c1ccoc1)[C@@H]1CCN(c2ccccc2Cl)C1=O. The van der Waals surface area contributed by atoms with E-state index in [1.165, 1.54) is 17.4 Å². The van der Waals surface area contributed by atoms with Crippen LogP contribution in [0.15, 0.2) is 47.3 Å². The standard InChI is InChI=1S/C16H15ClN2O3/c1-18(15(20)11-7-9-22-10-11)14-6-8-19(16(14)21)13-5-3-2-4-12(13)17/h2-5,7,9-10,14H,6,8H2,1H3/t14-/m1/s1. The molecule has 0 aliphatic carbocycles. The van der Waals surface area contributed by atoms with Gasteiger partial charge in [0.1, 0.15) is 12.3 Å². The molecule has 0 radical (unpaired) electrons. The van der Waals surface area contributed by atoms with Crippen LogP contribution in [0.5, 0.6) is 0 Å². The number of anilines is 1. The van der Waals surface area contributed by atoms with Gasteiger partial charge >= 0.3 is 0 Å². The third-order valence-corrected chi connectivity index (χ3v) is 4.20. The van der Waals surface area contributed by atoms with Crippen molar-refractivity contribution in [3.8, 4) is 0 Å². The van der Waals surface area contributed by atoms with E-state index in [9.17, 15) is 9.59 Å². The molecule has 1 saturated heterocycles. The van der Waals surface area contributed by atoms with E-state index >= 15 is 0 Å². The summed E-state index contributed by atoms with van der Waals surface area (Å²) < 4.78 is 4.92. The zero-order valence-corrected chi connectivity index (χ0v) is 12.8. The van der Waals surface area contributed by atoms with Crippen molar-refractivity contribution >= 4 is 29.1 Å². The third-order valence-electron chi connectivity index (χ3n) is 3.88. The monoisotopic (exact) mass is 318 g/mol. The minimum atomic E-state index is -0.487. The number of hydrogen-bond acceptors (Lipinski definition) is 3. The van der Waals surface area contributed by atoms with Crippen LogP contribution in [0.4, 0.5) is 5.69 Å². The predicted octanol–water partition coefficient (Wildman–Crippen LogP) is 2.81. The molecule has 0 bridgehead atoms. The van der Waals surface area contributed by atoms with E-state index in [1.54, 1.807) is 30.1 Å². The maximum Gasteiger partial charge on any atom is 0.257 e. The van der Waals surface area contributed by atoms with E-state index in [0.717, 1.165) is 0 Å². The Morgan fingerprint density at radius 1 is 1.36 bits per heavy atom. The van der Waals surface area contributed by atoms with Crippen LogP contribution in [-0.4, -0.2) is 36.3 Å². The van der Waals surface area contributed by atoms with E-state index in [0.29, 0.717) is 29.2 Å². The summed E-state index contributed by atoms with van der Waals surface area (Å²) in [6.07, 6.45) is 3.39. The first kappa shape index (κ1) is 14.7. The molecule has 3 rings (SSSR count). The summed E-state index contributed by atoms with van der Waals surface area (Å²) in [5, 5.41) is 0.528. The van der Waals surface area contributed by atoms with Crippen LogP contribution in [0.2, 0.25) is 5.02 Å². The van der Waals surface area contributed by atoms with Crippen molar-refractivity contribution < 1.29 is 14.0 Å². The molecule has 1 aliphatic rings. The Kier molecular flexibility index (Phi) is 3.90. The number of carbonyl (C=O) groups excluding carboxylic acids is 2. The molecule has 0 N–H and O–H groups in total. The Morgan fingerprint density at radius 2 is 2.14 bits per heavy atom. The lowest BCUT2D eigenvalue weighted by atomic mass is 10.2. The van der Waals surface area contributed by atoms with Crippen LogP contribution in [0.3, 0.4) is 0 Å². The predicted molar refractivity (Wildman–Crippen MR) is 83.0 cm³/mol. The Bertz CT molecular complexity index is 699. The average Bonchev–Trinajstić information content (AvgIpc) is 3.16. The van der Waals surface area contributed by atoms with E-state index in [4.69, 9.17) is 16.0 Å². The number of nitrogens with zero attached hydrogens (tertiary/aromatic N) is 2. The minimum absolute atomic E-state index is 0.118. The van der Waals surface area contributed by atoms with Gasteiger partial charge in [0.15, 0.2) is 0 Å². The maximum atomic E-state index is 12.6. The number of amides is 2. The first-order valence-electron chi connectivity index (χ1n) is 6.95. The first-order valence-corrected chi connectivity index (χ1v) is 7.32. The molecule has 0 unspecified atom stereocenters. The Balaban J connectivity index is 1.79. The highest BCUT2D eigenvalue weighted by molar-refractivity contribution is 6.34. The Morgan fingerprint density at radius 3 is 2.82 bits per heavy atom. The number of carbonyl (C=O) groups is 2. The summed E-state index contributed by atoms with van der Waals surface area (Å²) in [6.45, 7) is 0.538. The number of hydrogen-bond donors (Lipinski definition) is 0.